The van der Waals surface area contributed by atoms with E-state index >= 15 is 0 Å². The van der Waals surface area contributed by atoms with Crippen LogP contribution in [0, 0.1) is 6.42 Å². The van der Waals surface area contributed by atoms with E-state index in [0.29, 0.717) is 0 Å². The molecule has 0 amide bonds. The molecular weight excluding hydrogens is 72.1 g/mol. The summed E-state index contributed by atoms with van der Waals surface area (Å²) >= 11 is 0. The van der Waals surface area contributed by atoms with Gasteiger partial charge < -0.3 is 0 Å². The predicted molar refractivity (Wildman–Crippen MR) is 27.2 cm³/mol. The molecule has 1 rings (SSSR count). The van der Waals surface area contributed by atoms with Crippen molar-refractivity contribution in [2.24, 2.45) is 0 Å². The monoisotopic (exact) mass is 79.1 g/mol. The SMILES string of the molecule is C=CC1=C[CH+]C1. The molecule has 0 radical (unpaired) electrons. The molecule has 0 saturated heterocycles. The third-order valence-electron chi connectivity index (χ3n) is 0.948. The van der Waals surface area contributed by atoms with Gasteiger partial charge in [-0.2, -0.15) is 0 Å². The average Bonchev–Trinajstić information content (AvgIpc) is 1.31. The van der Waals surface area contributed by atoms with E-state index in [0.717, 1.165) is 6.42 Å². The Bertz CT molecular complexity index is 88.2. The second kappa shape index (κ2) is 1.21. The first kappa shape index (κ1) is 3.54. The highest BCUT2D eigenvalue weighted by Crippen LogP contribution is 2.15. The van der Waals surface area contributed by atoms with Crippen molar-refractivity contribution in [1.82, 2.24) is 0 Å². The van der Waals surface area contributed by atoms with Gasteiger partial charge in [0.05, 0.1) is 6.42 Å². The maximum Gasteiger partial charge on any atom is 0.122 e. The Balaban J connectivity index is 2.52. The van der Waals surface area contributed by atoms with E-state index < -0.39 is 0 Å². The number of hydrogen-bond acceptors (Lipinski definition) is 0. The van der Waals surface area contributed by atoms with Gasteiger partial charge in [0, 0.05) is 6.08 Å². The van der Waals surface area contributed by atoms with Crippen molar-refractivity contribution in [3.63, 3.8) is 0 Å². The highest BCUT2D eigenvalue weighted by Gasteiger charge is 2.11. The molecule has 0 aliphatic heterocycles. The second-order valence-electron chi connectivity index (χ2n) is 1.39. The van der Waals surface area contributed by atoms with Crippen LogP contribution in [-0.4, -0.2) is 0 Å². The highest BCUT2D eigenvalue weighted by molar-refractivity contribution is 5.31. The summed E-state index contributed by atoms with van der Waals surface area (Å²) in [6.45, 7) is 3.59. The minimum atomic E-state index is 1.13. The first-order valence-corrected chi connectivity index (χ1v) is 2.08. The van der Waals surface area contributed by atoms with E-state index in [4.69, 9.17) is 0 Å². The quantitative estimate of drug-likeness (QED) is 0.420. The molecule has 0 aromatic heterocycles. The van der Waals surface area contributed by atoms with Crippen LogP contribution < -0.4 is 0 Å². The number of rotatable bonds is 1. The van der Waals surface area contributed by atoms with Gasteiger partial charge >= 0.3 is 0 Å². The van der Waals surface area contributed by atoms with Crippen molar-refractivity contribution in [2.45, 2.75) is 6.42 Å². The Kier molecular flexibility index (Phi) is 0.714. The van der Waals surface area contributed by atoms with Crippen LogP contribution in [0.2, 0.25) is 0 Å². The topological polar surface area (TPSA) is 0 Å². The van der Waals surface area contributed by atoms with Gasteiger partial charge in [0.1, 0.15) is 18.1 Å². The zero-order valence-electron chi connectivity index (χ0n) is 3.65. The van der Waals surface area contributed by atoms with Crippen molar-refractivity contribution in [3.05, 3.63) is 30.7 Å². The summed E-state index contributed by atoms with van der Waals surface area (Å²) in [5.74, 6) is 0. The third-order valence-corrected chi connectivity index (χ3v) is 0.948. The molecule has 0 N–H and O–H groups in total. The summed E-state index contributed by atoms with van der Waals surface area (Å²) in [6.07, 6.45) is 7.22. The molecule has 0 aromatic carbocycles. The molecule has 0 atom stereocenters. The summed E-state index contributed by atoms with van der Waals surface area (Å²) in [4.78, 5) is 0. The zero-order chi connectivity index (χ0) is 4.41. The van der Waals surface area contributed by atoms with Crippen molar-refractivity contribution < 1.29 is 0 Å². The third kappa shape index (κ3) is 0.342. The van der Waals surface area contributed by atoms with Crippen LogP contribution in [0.4, 0.5) is 0 Å². The Hall–Kier alpha value is -0.650. The molecule has 30 valence electrons. The Labute approximate surface area is 38.2 Å². The van der Waals surface area contributed by atoms with E-state index in [9.17, 15) is 0 Å². The van der Waals surface area contributed by atoms with Gasteiger partial charge in [0.25, 0.3) is 0 Å². The zero-order valence-corrected chi connectivity index (χ0v) is 3.65. The lowest BCUT2D eigenvalue weighted by Gasteiger charge is -1.92. The molecule has 0 fully saturated rings. The lowest BCUT2D eigenvalue weighted by molar-refractivity contribution is 1.11. The fourth-order valence-corrected chi connectivity index (χ4v) is 0.405. The Morgan fingerprint density at radius 1 is 2.00 bits per heavy atom. The van der Waals surface area contributed by atoms with Gasteiger partial charge in [-0.15, -0.1) is 0 Å². The highest BCUT2D eigenvalue weighted by atomic mass is 14.0. The molecule has 0 unspecified atom stereocenters. The lowest BCUT2D eigenvalue weighted by Crippen LogP contribution is -1.88. The largest absolute Gasteiger partial charge is 0.122 e. The average molecular weight is 79.1 g/mol. The first-order chi connectivity index (χ1) is 2.93. The van der Waals surface area contributed by atoms with Gasteiger partial charge in [-0.3, -0.25) is 0 Å². The summed E-state index contributed by atoms with van der Waals surface area (Å²) in [5.41, 5.74) is 1.36. The van der Waals surface area contributed by atoms with Crippen LogP contribution in [0.3, 0.4) is 0 Å². The molecule has 0 bridgehead atoms. The van der Waals surface area contributed by atoms with Gasteiger partial charge in [-0.05, 0) is 0 Å². The first-order valence-electron chi connectivity index (χ1n) is 2.08. The summed E-state index contributed by atoms with van der Waals surface area (Å²) in [6, 6.07) is 0. The van der Waals surface area contributed by atoms with Crippen LogP contribution >= 0.6 is 0 Å². The summed E-state index contributed by atoms with van der Waals surface area (Å²) in [5, 5.41) is 0. The van der Waals surface area contributed by atoms with Crippen molar-refractivity contribution in [2.75, 3.05) is 0 Å². The van der Waals surface area contributed by atoms with E-state index in [1.807, 2.05) is 6.08 Å². The predicted octanol–water partition coefficient (Wildman–Crippen LogP) is 1.71. The maximum atomic E-state index is 3.59. The molecule has 1 aliphatic rings. The van der Waals surface area contributed by atoms with Crippen molar-refractivity contribution in [3.8, 4) is 0 Å². The van der Waals surface area contributed by atoms with Gasteiger partial charge in [0.2, 0.25) is 0 Å². The van der Waals surface area contributed by atoms with E-state index in [-0.39, 0.29) is 0 Å². The van der Waals surface area contributed by atoms with Crippen molar-refractivity contribution in [1.29, 1.82) is 0 Å². The van der Waals surface area contributed by atoms with Crippen LogP contribution in [0.1, 0.15) is 6.42 Å². The lowest BCUT2D eigenvalue weighted by atomic mass is 10.00. The molecule has 6 heavy (non-hydrogen) atoms. The smallest absolute Gasteiger partial charge is 0.0783 e. The molecule has 0 heterocycles. The van der Waals surface area contributed by atoms with Crippen LogP contribution in [0.25, 0.3) is 0 Å². The van der Waals surface area contributed by atoms with Gasteiger partial charge in [-0.25, -0.2) is 0 Å². The summed E-state index contributed by atoms with van der Waals surface area (Å²) < 4.78 is 0. The van der Waals surface area contributed by atoms with Crippen LogP contribution in [0.5, 0.6) is 0 Å². The van der Waals surface area contributed by atoms with Crippen LogP contribution in [0.15, 0.2) is 24.3 Å². The molecule has 1 aliphatic carbocycles. The van der Waals surface area contributed by atoms with E-state index in [2.05, 4.69) is 19.1 Å². The summed E-state index contributed by atoms with van der Waals surface area (Å²) in [7, 11) is 0. The Morgan fingerprint density at radius 3 is 2.67 bits per heavy atom. The second-order valence-corrected chi connectivity index (χ2v) is 1.39. The fourth-order valence-electron chi connectivity index (χ4n) is 0.405. The molecular formula is C6H7+. The molecule has 0 heteroatoms. The number of hydrogen-bond donors (Lipinski definition) is 0. The molecule has 0 spiro atoms. The normalized spacial score (nSPS) is 17.0. The van der Waals surface area contributed by atoms with Gasteiger partial charge in [0.15, 0.2) is 0 Å². The minimum absolute atomic E-state index is 1.13. The Morgan fingerprint density at radius 2 is 2.67 bits per heavy atom. The van der Waals surface area contributed by atoms with Crippen LogP contribution in [-0.2, 0) is 0 Å². The number of allylic oxidation sites excluding steroid dienone is 3. The molecule has 0 saturated carbocycles. The fraction of sp³-hybridized carbons (Fsp3) is 0.167. The van der Waals surface area contributed by atoms with Crippen molar-refractivity contribution >= 4 is 0 Å². The molecule has 0 aromatic rings. The minimum Gasteiger partial charge on any atom is -0.0783 e. The maximum absolute atomic E-state index is 3.59. The van der Waals surface area contributed by atoms with E-state index in [1.165, 1.54) is 5.57 Å². The van der Waals surface area contributed by atoms with Gasteiger partial charge in [-0.1, -0.05) is 6.58 Å². The standard InChI is InChI=1S/C6H7/c1-2-6-4-3-5-6/h2-4H,1,5H2/q+1. The van der Waals surface area contributed by atoms with E-state index in [1.54, 1.807) is 0 Å². The molecule has 0 nitrogen and oxygen atoms in total.